The highest BCUT2D eigenvalue weighted by Gasteiger charge is 2.15. The van der Waals surface area contributed by atoms with E-state index in [1.807, 2.05) is 60.7 Å². The second kappa shape index (κ2) is 9.00. The Morgan fingerprint density at radius 2 is 1.30 bits per heavy atom. The Balaban J connectivity index is 2.04. The molecule has 0 aliphatic heterocycles. The third-order valence-corrected chi connectivity index (χ3v) is 4.14. The molecule has 120 valence electrons. The van der Waals surface area contributed by atoms with Crippen LogP contribution in [-0.4, -0.2) is 33.4 Å². The van der Waals surface area contributed by atoms with E-state index in [0.717, 1.165) is 22.9 Å². The van der Waals surface area contributed by atoms with E-state index in [1.165, 1.54) is 0 Å². The first-order valence-corrected chi connectivity index (χ1v) is 8.46. The predicted octanol–water partition coefficient (Wildman–Crippen LogP) is 3.03. The summed E-state index contributed by atoms with van der Waals surface area (Å²) in [4.78, 5) is 24.8. The molecular weight excluding hydrogens is 310 g/mol. The number of rotatable bonds is 8. The van der Waals surface area contributed by atoms with Crippen LogP contribution in [0.1, 0.15) is 11.1 Å². The highest BCUT2D eigenvalue weighted by Crippen LogP contribution is 2.12. The number of amides is 1. The maximum absolute atomic E-state index is 12.4. The molecule has 2 aromatic carbocycles. The van der Waals surface area contributed by atoms with Gasteiger partial charge in [0.15, 0.2) is 0 Å². The van der Waals surface area contributed by atoms with Crippen LogP contribution in [0.15, 0.2) is 60.7 Å². The van der Waals surface area contributed by atoms with Gasteiger partial charge in [-0.3, -0.25) is 9.59 Å². The van der Waals surface area contributed by atoms with Gasteiger partial charge in [-0.15, -0.1) is 11.8 Å². The number of carboxylic acids is 1. The minimum atomic E-state index is -0.902. The third-order valence-electron chi connectivity index (χ3n) is 3.24. The Hall–Kier alpha value is -2.27. The molecule has 0 atom stereocenters. The maximum atomic E-state index is 12.4. The number of benzene rings is 2. The van der Waals surface area contributed by atoms with Crippen molar-refractivity contribution < 1.29 is 14.7 Å². The standard InChI is InChI=1S/C18H19NO3S/c20-17(13-23-14-18(21)22)19(11-15-7-3-1-4-8-15)12-16-9-5-2-6-10-16/h1-10H,11-14H2,(H,21,22). The van der Waals surface area contributed by atoms with Crippen molar-refractivity contribution >= 4 is 23.6 Å². The number of thioether (sulfide) groups is 1. The summed E-state index contributed by atoms with van der Waals surface area (Å²) in [6.45, 7) is 1.03. The zero-order valence-electron chi connectivity index (χ0n) is 12.7. The molecule has 0 heterocycles. The fourth-order valence-electron chi connectivity index (χ4n) is 2.16. The summed E-state index contributed by atoms with van der Waals surface area (Å²) < 4.78 is 0. The van der Waals surface area contributed by atoms with Gasteiger partial charge in [-0.25, -0.2) is 0 Å². The minimum absolute atomic E-state index is 0.0519. The molecule has 0 aliphatic rings. The van der Waals surface area contributed by atoms with Crippen LogP contribution in [0.25, 0.3) is 0 Å². The van der Waals surface area contributed by atoms with Crippen molar-refractivity contribution in [3.63, 3.8) is 0 Å². The van der Waals surface area contributed by atoms with Gasteiger partial charge in [-0.1, -0.05) is 60.7 Å². The van der Waals surface area contributed by atoms with E-state index >= 15 is 0 Å². The second-order valence-electron chi connectivity index (χ2n) is 5.11. The van der Waals surface area contributed by atoms with Gasteiger partial charge in [0.2, 0.25) is 5.91 Å². The van der Waals surface area contributed by atoms with Crippen molar-refractivity contribution in [1.82, 2.24) is 4.90 Å². The number of hydrogen-bond acceptors (Lipinski definition) is 3. The van der Waals surface area contributed by atoms with Gasteiger partial charge in [0, 0.05) is 13.1 Å². The summed E-state index contributed by atoms with van der Waals surface area (Å²) in [5.74, 6) is -0.841. The number of carbonyl (C=O) groups excluding carboxylic acids is 1. The summed E-state index contributed by atoms with van der Waals surface area (Å²) >= 11 is 1.13. The van der Waals surface area contributed by atoms with Crippen molar-refractivity contribution in [2.24, 2.45) is 0 Å². The lowest BCUT2D eigenvalue weighted by molar-refractivity contribution is -0.133. The molecule has 0 saturated carbocycles. The lowest BCUT2D eigenvalue weighted by atomic mass is 10.1. The Morgan fingerprint density at radius 1 is 0.826 bits per heavy atom. The molecule has 23 heavy (non-hydrogen) atoms. The summed E-state index contributed by atoms with van der Waals surface area (Å²) in [7, 11) is 0. The Morgan fingerprint density at radius 3 is 1.74 bits per heavy atom. The summed E-state index contributed by atoms with van der Waals surface area (Å²) in [6.07, 6.45) is 0. The van der Waals surface area contributed by atoms with Crippen molar-refractivity contribution in [3.8, 4) is 0 Å². The van der Waals surface area contributed by atoms with Crippen molar-refractivity contribution in [1.29, 1.82) is 0 Å². The number of aliphatic carboxylic acids is 1. The van der Waals surface area contributed by atoms with Crippen molar-refractivity contribution in [2.45, 2.75) is 13.1 Å². The monoisotopic (exact) mass is 329 g/mol. The van der Waals surface area contributed by atoms with Crippen LogP contribution < -0.4 is 0 Å². The third kappa shape index (κ3) is 6.16. The van der Waals surface area contributed by atoms with E-state index in [0.29, 0.717) is 13.1 Å². The van der Waals surface area contributed by atoms with Gasteiger partial charge in [-0.2, -0.15) is 0 Å². The van der Waals surface area contributed by atoms with Gasteiger partial charge in [0.05, 0.1) is 11.5 Å². The smallest absolute Gasteiger partial charge is 0.313 e. The summed E-state index contributed by atoms with van der Waals surface area (Å²) in [5.41, 5.74) is 2.11. The Kier molecular flexibility index (Phi) is 6.69. The maximum Gasteiger partial charge on any atom is 0.313 e. The van der Waals surface area contributed by atoms with E-state index in [1.54, 1.807) is 4.90 Å². The number of carbonyl (C=O) groups is 2. The molecule has 0 aliphatic carbocycles. The zero-order chi connectivity index (χ0) is 16.5. The van der Waals surface area contributed by atoms with Crippen LogP contribution in [0.2, 0.25) is 0 Å². The molecule has 0 radical (unpaired) electrons. The Labute approximate surface area is 140 Å². The fourth-order valence-corrected chi connectivity index (χ4v) is 2.79. The van der Waals surface area contributed by atoms with Gasteiger partial charge >= 0.3 is 5.97 Å². The number of carboxylic acid groups (broad SMARTS) is 1. The molecule has 0 saturated heterocycles. The first-order chi connectivity index (χ1) is 11.1. The number of nitrogens with zero attached hydrogens (tertiary/aromatic N) is 1. The van der Waals surface area contributed by atoms with Gasteiger partial charge in [0.1, 0.15) is 0 Å². The molecule has 0 bridgehead atoms. The lowest BCUT2D eigenvalue weighted by Gasteiger charge is -2.23. The highest BCUT2D eigenvalue weighted by molar-refractivity contribution is 8.00. The molecule has 0 spiro atoms. The molecule has 0 fully saturated rings. The van der Waals surface area contributed by atoms with Gasteiger partial charge in [0.25, 0.3) is 0 Å². The summed E-state index contributed by atoms with van der Waals surface area (Å²) in [6, 6.07) is 19.6. The zero-order valence-corrected chi connectivity index (χ0v) is 13.5. The lowest BCUT2D eigenvalue weighted by Crippen LogP contribution is -2.31. The molecule has 0 aromatic heterocycles. The van der Waals surface area contributed by atoms with Crippen LogP contribution in [0.3, 0.4) is 0 Å². The van der Waals surface area contributed by atoms with E-state index in [4.69, 9.17) is 5.11 Å². The average Bonchev–Trinajstić information content (AvgIpc) is 2.56. The van der Waals surface area contributed by atoms with E-state index in [-0.39, 0.29) is 17.4 Å². The van der Waals surface area contributed by atoms with Crippen LogP contribution in [-0.2, 0) is 22.7 Å². The first kappa shape index (κ1) is 17.1. The molecule has 4 nitrogen and oxygen atoms in total. The average molecular weight is 329 g/mol. The quantitative estimate of drug-likeness (QED) is 0.809. The first-order valence-electron chi connectivity index (χ1n) is 7.30. The molecule has 1 amide bonds. The molecule has 1 N–H and O–H groups in total. The Bertz CT molecular complexity index is 590. The second-order valence-corrected chi connectivity index (χ2v) is 6.09. The topological polar surface area (TPSA) is 57.6 Å². The van der Waals surface area contributed by atoms with E-state index in [9.17, 15) is 9.59 Å². The SMILES string of the molecule is O=C(O)CSCC(=O)N(Cc1ccccc1)Cc1ccccc1. The van der Waals surface area contributed by atoms with Crippen LogP contribution in [0.4, 0.5) is 0 Å². The molecule has 0 unspecified atom stereocenters. The van der Waals surface area contributed by atoms with Gasteiger partial charge < -0.3 is 10.0 Å². The van der Waals surface area contributed by atoms with Gasteiger partial charge in [-0.05, 0) is 11.1 Å². The largest absolute Gasteiger partial charge is 0.481 e. The molecular formula is C18H19NO3S. The fraction of sp³-hybridized carbons (Fsp3) is 0.222. The molecule has 2 aromatic rings. The molecule has 5 heteroatoms. The van der Waals surface area contributed by atoms with Crippen molar-refractivity contribution in [2.75, 3.05) is 11.5 Å². The van der Waals surface area contributed by atoms with E-state index in [2.05, 4.69) is 0 Å². The summed E-state index contributed by atoms with van der Waals surface area (Å²) in [5, 5.41) is 8.69. The van der Waals surface area contributed by atoms with Crippen LogP contribution >= 0.6 is 11.8 Å². The number of hydrogen-bond donors (Lipinski definition) is 1. The van der Waals surface area contributed by atoms with Crippen LogP contribution in [0, 0.1) is 0 Å². The molecule has 2 rings (SSSR count). The predicted molar refractivity (Wildman–Crippen MR) is 92.1 cm³/mol. The minimum Gasteiger partial charge on any atom is -0.481 e. The normalized spacial score (nSPS) is 10.3. The van der Waals surface area contributed by atoms with Crippen LogP contribution in [0.5, 0.6) is 0 Å². The van der Waals surface area contributed by atoms with Crippen molar-refractivity contribution in [3.05, 3.63) is 71.8 Å². The highest BCUT2D eigenvalue weighted by atomic mass is 32.2. The van der Waals surface area contributed by atoms with E-state index < -0.39 is 5.97 Å².